The topological polar surface area (TPSA) is 75.6 Å². The van der Waals surface area contributed by atoms with Crippen LogP contribution < -0.4 is 5.32 Å². The van der Waals surface area contributed by atoms with E-state index in [0.29, 0.717) is 13.0 Å². The van der Waals surface area contributed by atoms with Crippen LogP contribution in [0.5, 0.6) is 0 Å². The van der Waals surface area contributed by atoms with Gasteiger partial charge >= 0.3 is 5.97 Å². The quantitative estimate of drug-likeness (QED) is 0.645. The highest BCUT2D eigenvalue weighted by molar-refractivity contribution is 5.78. The molecule has 5 nitrogen and oxygen atoms in total. The molecule has 2 N–H and O–H groups in total. The Kier molecular flexibility index (Phi) is 8.12. The van der Waals surface area contributed by atoms with Gasteiger partial charge in [0.2, 0.25) is 5.91 Å². The van der Waals surface area contributed by atoms with Gasteiger partial charge in [-0.25, -0.2) is 4.79 Å². The molecule has 0 atom stereocenters. The molecule has 5 heteroatoms. The average Bonchev–Trinajstić information content (AvgIpc) is 2.46. The predicted octanol–water partition coefficient (Wildman–Crippen LogP) is 1.79. The van der Waals surface area contributed by atoms with Gasteiger partial charge in [-0.2, -0.15) is 0 Å². The maximum absolute atomic E-state index is 11.7. The summed E-state index contributed by atoms with van der Waals surface area (Å²) in [5, 5.41) is 11.1. The van der Waals surface area contributed by atoms with E-state index in [9.17, 15) is 9.59 Å². The molecule has 1 amide bonds. The SMILES string of the molecule is CCCCc1ccc(CC(=O)NCCOCC(=O)O)cc1. The number of carboxylic acid groups (broad SMARTS) is 1. The summed E-state index contributed by atoms with van der Waals surface area (Å²) in [5.74, 6) is -1.10. The Morgan fingerprint density at radius 3 is 2.48 bits per heavy atom. The van der Waals surface area contributed by atoms with E-state index >= 15 is 0 Å². The Morgan fingerprint density at radius 1 is 1.19 bits per heavy atom. The van der Waals surface area contributed by atoms with Gasteiger partial charge in [0.15, 0.2) is 0 Å². The maximum atomic E-state index is 11.7. The second-order valence-corrected chi connectivity index (χ2v) is 4.89. The summed E-state index contributed by atoms with van der Waals surface area (Å²) in [6.45, 7) is 2.35. The molecule has 1 aromatic rings. The van der Waals surface area contributed by atoms with Crippen LogP contribution in [0.25, 0.3) is 0 Å². The van der Waals surface area contributed by atoms with Crippen molar-refractivity contribution in [2.75, 3.05) is 19.8 Å². The van der Waals surface area contributed by atoms with Crippen molar-refractivity contribution < 1.29 is 19.4 Å². The van der Waals surface area contributed by atoms with Crippen LogP contribution in [0.15, 0.2) is 24.3 Å². The van der Waals surface area contributed by atoms with Crippen molar-refractivity contribution in [3.8, 4) is 0 Å². The van der Waals surface area contributed by atoms with E-state index in [0.717, 1.165) is 12.0 Å². The predicted molar refractivity (Wildman–Crippen MR) is 80.2 cm³/mol. The molecule has 0 heterocycles. The second kappa shape index (κ2) is 9.94. The fraction of sp³-hybridized carbons (Fsp3) is 0.500. The molecule has 0 aliphatic carbocycles. The minimum absolute atomic E-state index is 0.0877. The number of amides is 1. The first-order chi connectivity index (χ1) is 10.1. The van der Waals surface area contributed by atoms with Crippen LogP contribution in [0.4, 0.5) is 0 Å². The number of aryl methyl sites for hydroxylation is 1. The largest absolute Gasteiger partial charge is 0.480 e. The van der Waals surface area contributed by atoms with Crippen LogP contribution in [0.3, 0.4) is 0 Å². The van der Waals surface area contributed by atoms with Gasteiger partial charge in [-0.15, -0.1) is 0 Å². The van der Waals surface area contributed by atoms with Crippen LogP contribution in [0.1, 0.15) is 30.9 Å². The lowest BCUT2D eigenvalue weighted by molar-refractivity contribution is -0.142. The van der Waals surface area contributed by atoms with Crippen molar-refractivity contribution in [3.05, 3.63) is 35.4 Å². The van der Waals surface area contributed by atoms with Gasteiger partial charge in [-0.05, 0) is 24.0 Å². The Labute approximate surface area is 125 Å². The number of hydrogen-bond donors (Lipinski definition) is 2. The molecule has 116 valence electrons. The molecule has 0 fully saturated rings. The molecule has 1 rings (SSSR count). The molecule has 0 aliphatic rings. The zero-order valence-electron chi connectivity index (χ0n) is 12.4. The van der Waals surface area contributed by atoms with Crippen LogP contribution in [-0.2, 0) is 27.2 Å². The second-order valence-electron chi connectivity index (χ2n) is 4.89. The van der Waals surface area contributed by atoms with Gasteiger partial charge in [0.05, 0.1) is 13.0 Å². The lowest BCUT2D eigenvalue weighted by Gasteiger charge is -2.06. The average molecular weight is 293 g/mol. The summed E-state index contributed by atoms with van der Waals surface area (Å²) in [7, 11) is 0. The number of hydrogen-bond acceptors (Lipinski definition) is 3. The number of carbonyl (C=O) groups excluding carboxylic acids is 1. The van der Waals surface area contributed by atoms with Crippen molar-refractivity contribution in [1.29, 1.82) is 0 Å². The number of rotatable bonds is 10. The molecular weight excluding hydrogens is 270 g/mol. The Balaban J connectivity index is 2.23. The molecule has 0 radical (unpaired) electrons. The highest BCUT2D eigenvalue weighted by Gasteiger charge is 2.03. The van der Waals surface area contributed by atoms with E-state index in [4.69, 9.17) is 9.84 Å². The van der Waals surface area contributed by atoms with E-state index in [-0.39, 0.29) is 19.1 Å². The highest BCUT2D eigenvalue weighted by atomic mass is 16.5. The zero-order chi connectivity index (χ0) is 15.5. The minimum Gasteiger partial charge on any atom is -0.480 e. The molecule has 0 aliphatic heterocycles. The van der Waals surface area contributed by atoms with Crippen LogP contribution in [0.2, 0.25) is 0 Å². The summed E-state index contributed by atoms with van der Waals surface area (Å²) in [4.78, 5) is 21.9. The zero-order valence-corrected chi connectivity index (χ0v) is 12.4. The first kappa shape index (κ1) is 17.2. The van der Waals surface area contributed by atoms with Crippen LogP contribution >= 0.6 is 0 Å². The Bertz CT molecular complexity index is 442. The van der Waals surface area contributed by atoms with Gasteiger partial charge in [0.1, 0.15) is 6.61 Å². The summed E-state index contributed by atoms with van der Waals surface area (Å²) in [6, 6.07) is 8.08. The lowest BCUT2D eigenvalue weighted by atomic mass is 10.0. The van der Waals surface area contributed by atoms with E-state index in [1.807, 2.05) is 12.1 Å². The van der Waals surface area contributed by atoms with Gasteiger partial charge in [0.25, 0.3) is 0 Å². The number of unbranched alkanes of at least 4 members (excludes halogenated alkanes) is 1. The van der Waals surface area contributed by atoms with E-state index < -0.39 is 5.97 Å². The number of ether oxygens (including phenoxy) is 1. The summed E-state index contributed by atoms with van der Waals surface area (Å²) >= 11 is 0. The fourth-order valence-corrected chi connectivity index (χ4v) is 1.87. The third-order valence-electron chi connectivity index (χ3n) is 3.00. The van der Waals surface area contributed by atoms with Crippen LogP contribution in [0, 0.1) is 0 Å². The first-order valence-corrected chi connectivity index (χ1v) is 7.26. The van der Waals surface area contributed by atoms with Crippen molar-refractivity contribution in [1.82, 2.24) is 5.32 Å². The van der Waals surface area contributed by atoms with Gasteiger partial charge in [0, 0.05) is 6.54 Å². The number of benzene rings is 1. The number of carbonyl (C=O) groups is 2. The fourth-order valence-electron chi connectivity index (χ4n) is 1.87. The monoisotopic (exact) mass is 293 g/mol. The molecule has 1 aromatic carbocycles. The third-order valence-corrected chi connectivity index (χ3v) is 3.00. The van der Waals surface area contributed by atoms with Crippen molar-refractivity contribution in [3.63, 3.8) is 0 Å². The molecule has 0 unspecified atom stereocenters. The lowest BCUT2D eigenvalue weighted by Crippen LogP contribution is -2.29. The molecule has 21 heavy (non-hydrogen) atoms. The standard InChI is InChI=1S/C16H23NO4/c1-2-3-4-13-5-7-14(8-6-13)11-15(18)17-9-10-21-12-16(19)20/h5-8H,2-4,9-12H2,1H3,(H,17,18)(H,19,20). The Hall–Kier alpha value is -1.88. The minimum atomic E-state index is -1.01. The van der Waals surface area contributed by atoms with Crippen molar-refractivity contribution in [2.45, 2.75) is 32.6 Å². The number of aliphatic carboxylic acids is 1. The highest BCUT2D eigenvalue weighted by Crippen LogP contribution is 2.08. The van der Waals surface area contributed by atoms with Crippen molar-refractivity contribution >= 4 is 11.9 Å². The van der Waals surface area contributed by atoms with Crippen molar-refractivity contribution in [2.24, 2.45) is 0 Å². The summed E-state index contributed by atoms with van der Waals surface area (Å²) in [6.07, 6.45) is 3.75. The molecule has 0 bridgehead atoms. The van der Waals surface area contributed by atoms with Gasteiger partial charge < -0.3 is 15.2 Å². The number of carboxylic acids is 1. The number of nitrogens with one attached hydrogen (secondary N) is 1. The van der Waals surface area contributed by atoms with Crippen LogP contribution in [-0.4, -0.2) is 36.7 Å². The summed E-state index contributed by atoms with van der Waals surface area (Å²) < 4.78 is 4.83. The molecular formula is C16H23NO4. The van der Waals surface area contributed by atoms with Gasteiger partial charge in [-0.3, -0.25) is 4.79 Å². The maximum Gasteiger partial charge on any atom is 0.329 e. The van der Waals surface area contributed by atoms with E-state index in [1.54, 1.807) is 0 Å². The molecule has 0 saturated heterocycles. The summed E-state index contributed by atoms with van der Waals surface area (Å²) in [5.41, 5.74) is 2.27. The molecule has 0 aromatic heterocycles. The smallest absolute Gasteiger partial charge is 0.329 e. The van der Waals surface area contributed by atoms with E-state index in [2.05, 4.69) is 24.4 Å². The normalized spacial score (nSPS) is 10.3. The first-order valence-electron chi connectivity index (χ1n) is 7.26. The van der Waals surface area contributed by atoms with Gasteiger partial charge in [-0.1, -0.05) is 37.6 Å². The third kappa shape index (κ3) is 8.09. The molecule has 0 spiro atoms. The Morgan fingerprint density at radius 2 is 1.86 bits per heavy atom. The van der Waals surface area contributed by atoms with E-state index in [1.165, 1.54) is 18.4 Å². The molecule has 0 saturated carbocycles.